The van der Waals surface area contributed by atoms with Gasteiger partial charge >= 0.3 is 0 Å². The Morgan fingerprint density at radius 3 is 2.65 bits per heavy atom. The van der Waals surface area contributed by atoms with Gasteiger partial charge in [-0.05, 0) is 50.8 Å². The first-order chi connectivity index (χ1) is 11.0. The first kappa shape index (κ1) is 16.1. The minimum atomic E-state index is 0.490. The van der Waals surface area contributed by atoms with Gasteiger partial charge in [0.25, 0.3) is 0 Å². The molecule has 1 aromatic rings. The Kier molecular flexibility index (Phi) is 4.49. The summed E-state index contributed by atoms with van der Waals surface area (Å²) in [4.78, 5) is 2.59. The molecule has 124 valence electrons. The third kappa shape index (κ3) is 2.90. The third-order valence-corrected chi connectivity index (χ3v) is 5.03. The van der Waals surface area contributed by atoms with E-state index in [0.717, 1.165) is 37.4 Å². The average molecular weight is 313 g/mol. The van der Waals surface area contributed by atoms with Crippen LogP contribution in [-0.2, 0) is 13.0 Å². The molecular weight excluding hydrogens is 286 g/mol. The van der Waals surface area contributed by atoms with E-state index in [1.54, 1.807) is 14.2 Å². The Morgan fingerprint density at radius 2 is 2.00 bits per heavy atom. The molecule has 3 rings (SSSR count). The SMILES string of the molecule is COc1ccc2c(c1OC)CN1CCC(C)=C(C=C(C)C)C1C2. The number of hydrogen-bond acceptors (Lipinski definition) is 3. The summed E-state index contributed by atoms with van der Waals surface area (Å²) in [7, 11) is 3.44. The predicted octanol–water partition coefficient (Wildman–Crippen LogP) is 4.12. The summed E-state index contributed by atoms with van der Waals surface area (Å²) in [6.07, 6.45) is 4.57. The molecule has 2 aliphatic rings. The van der Waals surface area contributed by atoms with Crippen LogP contribution in [0.3, 0.4) is 0 Å². The van der Waals surface area contributed by atoms with E-state index >= 15 is 0 Å². The number of hydrogen-bond donors (Lipinski definition) is 0. The van der Waals surface area contributed by atoms with Gasteiger partial charge in [0.05, 0.1) is 14.2 Å². The molecule has 0 saturated carbocycles. The second-order valence-electron chi connectivity index (χ2n) is 6.84. The third-order valence-electron chi connectivity index (χ3n) is 5.03. The molecule has 0 aliphatic carbocycles. The van der Waals surface area contributed by atoms with E-state index < -0.39 is 0 Å². The Bertz CT molecular complexity index is 668. The highest BCUT2D eigenvalue weighted by Crippen LogP contribution is 2.41. The number of benzene rings is 1. The van der Waals surface area contributed by atoms with E-state index in [1.165, 1.54) is 27.8 Å². The maximum absolute atomic E-state index is 5.65. The van der Waals surface area contributed by atoms with Crippen LogP contribution in [-0.4, -0.2) is 31.7 Å². The molecule has 23 heavy (non-hydrogen) atoms. The quantitative estimate of drug-likeness (QED) is 0.838. The maximum atomic E-state index is 5.65. The number of rotatable bonds is 3. The van der Waals surface area contributed by atoms with Crippen molar-refractivity contribution in [2.45, 2.75) is 46.2 Å². The van der Waals surface area contributed by atoms with Crippen LogP contribution < -0.4 is 9.47 Å². The standard InChI is InChI=1S/C20H27NO2/c1-13(2)10-16-14(3)8-9-21-12-17-15(11-18(16)21)6-7-19(22-4)20(17)23-5/h6-7,10,18H,8-9,11-12H2,1-5H3. The molecule has 0 spiro atoms. The first-order valence-corrected chi connectivity index (χ1v) is 8.36. The summed E-state index contributed by atoms with van der Waals surface area (Å²) in [6.45, 7) is 8.72. The van der Waals surface area contributed by atoms with Crippen molar-refractivity contribution in [3.63, 3.8) is 0 Å². The van der Waals surface area contributed by atoms with E-state index in [1.807, 2.05) is 6.07 Å². The summed E-state index contributed by atoms with van der Waals surface area (Å²) in [5.41, 5.74) is 7.10. The normalized spacial score (nSPS) is 20.7. The van der Waals surface area contributed by atoms with Gasteiger partial charge in [0.1, 0.15) is 0 Å². The smallest absolute Gasteiger partial charge is 0.165 e. The fourth-order valence-electron chi connectivity index (χ4n) is 3.86. The van der Waals surface area contributed by atoms with Crippen LogP contribution in [0.2, 0.25) is 0 Å². The van der Waals surface area contributed by atoms with Crippen LogP contribution in [0.1, 0.15) is 38.3 Å². The predicted molar refractivity (Wildman–Crippen MR) is 94.2 cm³/mol. The van der Waals surface area contributed by atoms with Gasteiger partial charge in [0, 0.05) is 24.7 Å². The molecule has 3 nitrogen and oxygen atoms in total. The molecule has 0 bridgehead atoms. The van der Waals surface area contributed by atoms with Crippen molar-refractivity contribution >= 4 is 0 Å². The molecule has 0 aromatic heterocycles. The van der Waals surface area contributed by atoms with Crippen molar-refractivity contribution in [1.29, 1.82) is 0 Å². The number of nitrogens with zero attached hydrogens (tertiary/aromatic N) is 1. The van der Waals surface area contributed by atoms with Gasteiger partial charge in [-0.25, -0.2) is 0 Å². The van der Waals surface area contributed by atoms with Gasteiger partial charge in [0.15, 0.2) is 11.5 Å². The van der Waals surface area contributed by atoms with E-state index in [9.17, 15) is 0 Å². The van der Waals surface area contributed by atoms with Gasteiger partial charge in [-0.15, -0.1) is 0 Å². The van der Waals surface area contributed by atoms with Crippen LogP contribution in [0.25, 0.3) is 0 Å². The zero-order valence-electron chi connectivity index (χ0n) is 14.9. The van der Waals surface area contributed by atoms with Crippen LogP contribution in [0.4, 0.5) is 0 Å². The summed E-state index contributed by atoms with van der Waals surface area (Å²) < 4.78 is 11.1. The van der Waals surface area contributed by atoms with Gasteiger partial charge in [0.2, 0.25) is 0 Å². The lowest BCUT2D eigenvalue weighted by atomic mass is 9.83. The van der Waals surface area contributed by atoms with Crippen molar-refractivity contribution in [3.8, 4) is 11.5 Å². The highest BCUT2D eigenvalue weighted by atomic mass is 16.5. The summed E-state index contributed by atoms with van der Waals surface area (Å²) in [6, 6.07) is 4.73. The first-order valence-electron chi connectivity index (χ1n) is 8.36. The average Bonchev–Trinajstić information content (AvgIpc) is 2.54. The summed E-state index contributed by atoms with van der Waals surface area (Å²) in [5, 5.41) is 0. The van der Waals surface area contributed by atoms with Crippen LogP contribution >= 0.6 is 0 Å². The van der Waals surface area contributed by atoms with Crippen molar-refractivity contribution in [2.75, 3.05) is 20.8 Å². The van der Waals surface area contributed by atoms with Gasteiger partial charge < -0.3 is 9.47 Å². The monoisotopic (exact) mass is 313 g/mol. The number of ether oxygens (including phenoxy) is 2. The Balaban J connectivity index is 2.03. The van der Waals surface area contributed by atoms with Crippen molar-refractivity contribution < 1.29 is 9.47 Å². The highest BCUT2D eigenvalue weighted by Gasteiger charge is 2.33. The summed E-state index contributed by atoms with van der Waals surface area (Å²) >= 11 is 0. The van der Waals surface area contributed by atoms with Crippen LogP contribution in [0.5, 0.6) is 11.5 Å². The molecule has 0 amide bonds. The second kappa shape index (κ2) is 6.40. The minimum Gasteiger partial charge on any atom is -0.493 e. The van der Waals surface area contributed by atoms with Gasteiger partial charge in [-0.1, -0.05) is 23.3 Å². The Hall–Kier alpha value is -1.74. The second-order valence-corrected chi connectivity index (χ2v) is 6.84. The van der Waals surface area contributed by atoms with Crippen LogP contribution in [0, 0.1) is 0 Å². The molecule has 3 heteroatoms. The van der Waals surface area contributed by atoms with Crippen molar-refractivity contribution in [2.24, 2.45) is 0 Å². The maximum Gasteiger partial charge on any atom is 0.165 e. The number of methoxy groups -OCH3 is 2. The number of allylic oxidation sites excluding steroid dienone is 1. The molecule has 1 unspecified atom stereocenters. The van der Waals surface area contributed by atoms with E-state index in [-0.39, 0.29) is 0 Å². The van der Waals surface area contributed by atoms with E-state index in [4.69, 9.17) is 9.47 Å². The van der Waals surface area contributed by atoms with Crippen LogP contribution in [0.15, 0.2) is 34.9 Å². The molecule has 0 saturated heterocycles. The lowest BCUT2D eigenvalue weighted by molar-refractivity contribution is 0.183. The molecule has 2 aliphatic heterocycles. The molecule has 0 fully saturated rings. The van der Waals surface area contributed by atoms with Gasteiger partial charge in [-0.3, -0.25) is 4.90 Å². The fourth-order valence-corrected chi connectivity index (χ4v) is 3.86. The van der Waals surface area contributed by atoms with E-state index in [2.05, 4.69) is 37.8 Å². The topological polar surface area (TPSA) is 21.7 Å². The molecule has 2 heterocycles. The molecule has 1 atom stereocenters. The zero-order valence-corrected chi connectivity index (χ0v) is 14.9. The van der Waals surface area contributed by atoms with Crippen molar-refractivity contribution in [1.82, 2.24) is 4.90 Å². The van der Waals surface area contributed by atoms with E-state index in [0.29, 0.717) is 6.04 Å². The zero-order chi connectivity index (χ0) is 16.6. The Labute approximate surface area is 139 Å². The number of fused-ring (bicyclic) bond motifs is 2. The Morgan fingerprint density at radius 1 is 1.22 bits per heavy atom. The minimum absolute atomic E-state index is 0.490. The molecular formula is C20H27NO2. The van der Waals surface area contributed by atoms with Crippen molar-refractivity contribution in [3.05, 3.63) is 46.1 Å². The lowest BCUT2D eigenvalue weighted by Crippen LogP contribution is -2.44. The van der Waals surface area contributed by atoms with Gasteiger partial charge in [-0.2, -0.15) is 0 Å². The fraction of sp³-hybridized carbons (Fsp3) is 0.500. The molecule has 0 N–H and O–H groups in total. The highest BCUT2D eigenvalue weighted by molar-refractivity contribution is 5.53. The largest absolute Gasteiger partial charge is 0.493 e. The molecule has 0 radical (unpaired) electrons. The lowest BCUT2D eigenvalue weighted by Gasteiger charge is -2.42. The molecule has 1 aromatic carbocycles. The summed E-state index contributed by atoms with van der Waals surface area (Å²) in [5.74, 6) is 1.73.